The maximum Gasteiger partial charge on any atom is 0.408 e. The molecule has 1 aromatic heterocycles. The van der Waals surface area contributed by atoms with Crippen molar-refractivity contribution in [2.75, 3.05) is 0 Å². The molecule has 1 fully saturated rings. The van der Waals surface area contributed by atoms with E-state index in [4.69, 9.17) is 4.74 Å². The summed E-state index contributed by atoms with van der Waals surface area (Å²) in [6.45, 7) is 2.37. The molecule has 0 radical (unpaired) electrons. The van der Waals surface area contributed by atoms with Crippen LogP contribution in [-0.4, -0.2) is 33.2 Å². The second kappa shape index (κ2) is 13.9. The van der Waals surface area contributed by atoms with Gasteiger partial charge in [0.15, 0.2) is 5.82 Å². The number of hydrogen-bond acceptors (Lipinski definition) is 5. The van der Waals surface area contributed by atoms with Gasteiger partial charge in [-0.05, 0) is 59.8 Å². The van der Waals surface area contributed by atoms with Crippen molar-refractivity contribution in [2.24, 2.45) is 5.92 Å². The maximum atomic E-state index is 12.2. The maximum absolute atomic E-state index is 12.2. The smallest absolute Gasteiger partial charge is 0.408 e. The standard InChI is InChI=1S/C35H37N3O4/c1-2-24-8-12-27(13-9-24)28-16-18-29(19-17-28)31-21-36-33(37-22-31)30-14-10-25(11-15-30)20-32(34(39)40)38-35(41)42-23-26-6-4-3-5-7-26/h3-7,10-11,14-19,21-22,24,27,32H,2,8-9,12-13,20,23H2,1H3,(H,38,41)(H,39,40)/t24-,27-,32-/m0/s1. The Morgan fingerprint density at radius 1 is 0.833 bits per heavy atom. The van der Waals surface area contributed by atoms with Gasteiger partial charge in [-0.25, -0.2) is 19.6 Å². The molecule has 4 aromatic rings. The van der Waals surface area contributed by atoms with Gasteiger partial charge in [-0.3, -0.25) is 0 Å². The number of alkyl carbamates (subject to hydrolysis) is 1. The first kappa shape index (κ1) is 29.0. The van der Waals surface area contributed by atoms with Crippen LogP contribution in [0.5, 0.6) is 0 Å². The number of hydrogen-bond donors (Lipinski definition) is 2. The Bertz CT molecular complexity index is 1450. The van der Waals surface area contributed by atoms with Gasteiger partial charge < -0.3 is 15.2 Å². The third-order valence-electron chi connectivity index (χ3n) is 8.25. The van der Waals surface area contributed by atoms with Crippen molar-refractivity contribution in [1.29, 1.82) is 0 Å². The highest BCUT2D eigenvalue weighted by Gasteiger charge is 2.22. The quantitative estimate of drug-likeness (QED) is 0.208. The molecule has 0 spiro atoms. The molecule has 1 saturated carbocycles. The van der Waals surface area contributed by atoms with E-state index in [2.05, 4.69) is 46.5 Å². The van der Waals surface area contributed by atoms with Crippen LogP contribution in [0.3, 0.4) is 0 Å². The second-order valence-corrected chi connectivity index (χ2v) is 11.0. The minimum absolute atomic E-state index is 0.0672. The molecule has 0 bridgehead atoms. The topological polar surface area (TPSA) is 101 Å². The number of amides is 1. The van der Waals surface area contributed by atoms with E-state index >= 15 is 0 Å². The van der Waals surface area contributed by atoms with Crippen molar-refractivity contribution < 1.29 is 19.4 Å². The number of aliphatic carboxylic acids is 1. The fraction of sp³-hybridized carbons (Fsp3) is 0.314. The number of nitrogens with zero attached hydrogens (tertiary/aromatic N) is 2. The van der Waals surface area contributed by atoms with Crippen molar-refractivity contribution in [1.82, 2.24) is 15.3 Å². The number of ether oxygens (including phenoxy) is 1. The molecule has 2 N–H and O–H groups in total. The SMILES string of the molecule is CC[C@H]1CC[C@H](c2ccc(-c3cnc(-c4ccc(C[C@H](NC(=O)OCc5ccccc5)C(=O)O)cc4)nc3)cc2)CC1. The van der Waals surface area contributed by atoms with Crippen LogP contribution >= 0.6 is 0 Å². The lowest BCUT2D eigenvalue weighted by Gasteiger charge is -2.28. The van der Waals surface area contributed by atoms with Crippen molar-refractivity contribution in [3.63, 3.8) is 0 Å². The van der Waals surface area contributed by atoms with Crippen molar-refractivity contribution in [2.45, 2.75) is 64.0 Å². The summed E-state index contributed by atoms with van der Waals surface area (Å²) in [6.07, 6.45) is 9.54. The molecule has 42 heavy (non-hydrogen) atoms. The molecule has 0 unspecified atom stereocenters. The Labute approximate surface area is 247 Å². The van der Waals surface area contributed by atoms with Gasteiger partial charge >= 0.3 is 12.1 Å². The fourth-order valence-electron chi connectivity index (χ4n) is 5.61. The summed E-state index contributed by atoms with van der Waals surface area (Å²) < 4.78 is 5.18. The summed E-state index contributed by atoms with van der Waals surface area (Å²) in [5.41, 5.74) is 5.89. The van der Waals surface area contributed by atoms with E-state index in [-0.39, 0.29) is 13.0 Å². The molecule has 0 saturated heterocycles. The number of carbonyl (C=O) groups is 2. The number of carbonyl (C=O) groups excluding carboxylic acids is 1. The summed E-state index contributed by atoms with van der Waals surface area (Å²) in [7, 11) is 0. The highest BCUT2D eigenvalue weighted by atomic mass is 16.5. The molecule has 3 aromatic carbocycles. The van der Waals surface area contributed by atoms with Gasteiger partial charge in [-0.15, -0.1) is 0 Å². The molecule has 7 heteroatoms. The molecular formula is C35H37N3O4. The number of carboxylic acids is 1. The first-order chi connectivity index (χ1) is 20.5. The lowest BCUT2D eigenvalue weighted by Crippen LogP contribution is -2.42. The van der Waals surface area contributed by atoms with Crippen LogP contribution in [0.25, 0.3) is 22.5 Å². The molecule has 0 aliphatic heterocycles. The molecule has 1 aliphatic carbocycles. The van der Waals surface area contributed by atoms with E-state index in [9.17, 15) is 14.7 Å². The predicted molar refractivity (Wildman–Crippen MR) is 163 cm³/mol. The minimum Gasteiger partial charge on any atom is -0.480 e. The Kier molecular flexibility index (Phi) is 9.59. The molecule has 1 heterocycles. The van der Waals surface area contributed by atoms with Gasteiger partial charge in [-0.1, -0.05) is 92.2 Å². The Balaban J connectivity index is 1.16. The average molecular weight is 564 g/mol. The van der Waals surface area contributed by atoms with Gasteiger partial charge in [-0.2, -0.15) is 0 Å². The van der Waals surface area contributed by atoms with Crippen LogP contribution in [0.1, 0.15) is 61.6 Å². The normalized spacial score (nSPS) is 17.3. The number of nitrogens with one attached hydrogen (secondary N) is 1. The van der Waals surface area contributed by atoms with Crippen LogP contribution in [0.15, 0.2) is 91.3 Å². The van der Waals surface area contributed by atoms with E-state index in [0.717, 1.165) is 33.7 Å². The highest BCUT2D eigenvalue weighted by molar-refractivity contribution is 5.80. The molecule has 7 nitrogen and oxygen atoms in total. The Hall–Kier alpha value is -4.52. The van der Waals surface area contributed by atoms with Crippen molar-refractivity contribution >= 4 is 12.1 Å². The van der Waals surface area contributed by atoms with Gasteiger partial charge in [0.2, 0.25) is 0 Å². The number of benzene rings is 3. The zero-order valence-electron chi connectivity index (χ0n) is 23.9. The first-order valence-electron chi connectivity index (χ1n) is 14.7. The number of carboxylic acid groups (broad SMARTS) is 1. The molecule has 1 aliphatic rings. The van der Waals surface area contributed by atoms with Gasteiger partial charge in [0, 0.05) is 29.9 Å². The summed E-state index contributed by atoms with van der Waals surface area (Å²) in [4.78, 5) is 33.1. The van der Waals surface area contributed by atoms with Crippen LogP contribution in [-0.2, 0) is 22.6 Å². The second-order valence-electron chi connectivity index (χ2n) is 11.0. The zero-order valence-corrected chi connectivity index (χ0v) is 23.9. The van der Waals surface area contributed by atoms with Crippen molar-refractivity contribution in [3.05, 3.63) is 108 Å². The van der Waals surface area contributed by atoms with Crippen LogP contribution in [0.4, 0.5) is 4.79 Å². The van der Waals surface area contributed by atoms with E-state index in [1.54, 1.807) is 0 Å². The highest BCUT2D eigenvalue weighted by Crippen LogP contribution is 2.37. The van der Waals surface area contributed by atoms with E-state index in [1.807, 2.05) is 67.0 Å². The predicted octanol–water partition coefficient (Wildman–Crippen LogP) is 7.42. The summed E-state index contributed by atoms with van der Waals surface area (Å²) in [5.74, 6) is 1.02. The molecular weight excluding hydrogens is 526 g/mol. The fourth-order valence-corrected chi connectivity index (χ4v) is 5.61. The number of rotatable bonds is 10. The summed E-state index contributed by atoms with van der Waals surface area (Å²) in [6, 6.07) is 24.3. The summed E-state index contributed by atoms with van der Waals surface area (Å²) in [5, 5.41) is 12.1. The minimum atomic E-state index is -1.13. The average Bonchev–Trinajstić information content (AvgIpc) is 3.04. The monoisotopic (exact) mass is 563 g/mol. The third-order valence-corrected chi connectivity index (χ3v) is 8.25. The van der Waals surface area contributed by atoms with E-state index < -0.39 is 18.1 Å². The molecule has 5 rings (SSSR count). The zero-order chi connectivity index (χ0) is 29.3. The molecule has 1 amide bonds. The van der Waals surface area contributed by atoms with Crippen LogP contribution in [0, 0.1) is 5.92 Å². The lowest BCUT2D eigenvalue weighted by atomic mass is 9.78. The third kappa shape index (κ3) is 7.60. The van der Waals surface area contributed by atoms with Crippen LogP contribution < -0.4 is 5.32 Å². The lowest BCUT2D eigenvalue weighted by molar-refractivity contribution is -0.139. The Morgan fingerprint density at radius 2 is 1.48 bits per heavy atom. The molecule has 216 valence electrons. The first-order valence-corrected chi connectivity index (χ1v) is 14.7. The van der Waals surface area contributed by atoms with Gasteiger partial charge in [0.25, 0.3) is 0 Å². The van der Waals surface area contributed by atoms with Gasteiger partial charge in [0.05, 0.1) is 0 Å². The Morgan fingerprint density at radius 3 is 2.10 bits per heavy atom. The van der Waals surface area contributed by atoms with Gasteiger partial charge in [0.1, 0.15) is 12.6 Å². The summed E-state index contributed by atoms with van der Waals surface area (Å²) >= 11 is 0. The van der Waals surface area contributed by atoms with Crippen molar-refractivity contribution in [3.8, 4) is 22.5 Å². The van der Waals surface area contributed by atoms with E-state index in [0.29, 0.717) is 11.7 Å². The van der Waals surface area contributed by atoms with Crippen LogP contribution in [0.2, 0.25) is 0 Å². The number of aromatic nitrogens is 2. The van der Waals surface area contributed by atoms with E-state index in [1.165, 1.54) is 37.7 Å². The largest absolute Gasteiger partial charge is 0.480 e. The molecule has 1 atom stereocenters.